The number of para-hydroxylation sites is 1. The molecule has 0 amide bonds. The second-order valence-corrected chi connectivity index (χ2v) is 9.34. The SMILES string of the molecule is O=c1c2ccccc2nc(-c2cccc(C(F)(F)F)c2)n1N=Cc1cc(Cl)cc([N+](=O)[O-])c1OCc1ccc(F)cc1. The van der Waals surface area contributed by atoms with Gasteiger partial charge in [0.15, 0.2) is 5.82 Å². The van der Waals surface area contributed by atoms with Crippen molar-refractivity contribution in [2.24, 2.45) is 5.10 Å². The van der Waals surface area contributed by atoms with Crippen LogP contribution >= 0.6 is 11.6 Å². The zero-order chi connectivity index (χ0) is 30.0. The maximum atomic E-state index is 13.5. The van der Waals surface area contributed by atoms with E-state index in [4.69, 9.17) is 16.3 Å². The average molecular weight is 597 g/mol. The Hall–Kier alpha value is -5.10. The van der Waals surface area contributed by atoms with Crippen molar-refractivity contribution in [3.05, 3.63) is 133 Å². The monoisotopic (exact) mass is 596 g/mol. The first-order valence-electron chi connectivity index (χ1n) is 12.1. The molecule has 5 aromatic rings. The molecule has 0 bridgehead atoms. The quantitative estimate of drug-likeness (QED) is 0.0853. The van der Waals surface area contributed by atoms with Gasteiger partial charge in [-0.3, -0.25) is 14.9 Å². The zero-order valence-corrected chi connectivity index (χ0v) is 21.9. The average Bonchev–Trinajstić information content (AvgIpc) is 2.96. The van der Waals surface area contributed by atoms with Crippen LogP contribution in [0.3, 0.4) is 0 Å². The zero-order valence-electron chi connectivity index (χ0n) is 21.2. The highest BCUT2D eigenvalue weighted by molar-refractivity contribution is 6.31. The van der Waals surface area contributed by atoms with Gasteiger partial charge in [-0.15, -0.1) is 0 Å². The van der Waals surface area contributed by atoms with E-state index in [1.54, 1.807) is 12.1 Å². The summed E-state index contributed by atoms with van der Waals surface area (Å²) in [5.74, 6) is -0.929. The second kappa shape index (κ2) is 11.4. The fourth-order valence-electron chi connectivity index (χ4n) is 4.10. The van der Waals surface area contributed by atoms with Gasteiger partial charge in [-0.2, -0.15) is 22.9 Å². The van der Waals surface area contributed by atoms with Crippen molar-refractivity contribution in [3.63, 3.8) is 0 Å². The molecular formula is C29H17ClF4N4O4. The number of hydrogen-bond acceptors (Lipinski definition) is 6. The Morgan fingerprint density at radius 2 is 1.76 bits per heavy atom. The van der Waals surface area contributed by atoms with Gasteiger partial charge in [-0.1, -0.05) is 48.0 Å². The van der Waals surface area contributed by atoms with Crippen LogP contribution in [-0.4, -0.2) is 20.8 Å². The summed E-state index contributed by atoms with van der Waals surface area (Å²) in [6, 6.07) is 18.1. The predicted octanol–water partition coefficient (Wildman–Crippen LogP) is 7.24. The molecule has 0 aliphatic carbocycles. The summed E-state index contributed by atoms with van der Waals surface area (Å²) in [5.41, 5.74) is -1.49. The van der Waals surface area contributed by atoms with E-state index in [1.807, 2.05) is 0 Å². The number of fused-ring (bicyclic) bond motifs is 1. The number of benzene rings is 4. The maximum absolute atomic E-state index is 13.5. The number of nitrogens with zero attached hydrogens (tertiary/aromatic N) is 4. The third-order valence-corrected chi connectivity index (χ3v) is 6.29. The molecule has 0 radical (unpaired) electrons. The van der Waals surface area contributed by atoms with Crippen molar-refractivity contribution >= 4 is 34.4 Å². The molecule has 0 N–H and O–H groups in total. The molecule has 0 saturated heterocycles. The lowest BCUT2D eigenvalue weighted by Gasteiger charge is -2.13. The van der Waals surface area contributed by atoms with Crippen LogP contribution in [0.4, 0.5) is 23.2 Å². The number of ether oxygens (including phenoxy) is 1. The van der Waals surface area contributed by atoms with Gasteiger partial charge in [-0.25, -0.2) is 9.37 Å². The van der Waals surface area contributed by atoms with Crippen LogP contribution in [0, 0.1) is 15.9 Å². The Kier molecular flexibility index (Phi) is 7.72. The third-order valence-electron chi connectivity index (χ3n) is 6.07. The van der Waals surface area contributed by atoms with Gasteiger partial charge in [-0.05, 0) is 48.0 Å². The van der Waals surface area contributed by atoms with Crippen LogP contribution in [0.5, 0.6) is 5.75 Å². The molecule has 212 valence electrons. The molecular weight excluding hydrogens is 580 g/mol. The molecule has 0 aliphatic rings. The topological polar surface area (TPSA) is 99.6 Å². The van der Waals surface area contributed by atoms with E-state index in [1.165, 1.54) is 54.6 Å². The van der Waals surface area contributed by atoms with E-state index < -0.39 is 33.7 Å². The summed E-state index contributed by atoms with van der Waals surface area (Å²) in [4.78, 5) is 29.0. The summed E-state index contributed by atoms with van der Waals surface area (Å²) in [6.07, 6.45) is -3.59. The highest BCUT2D eigenvalue weighted by Gasteiger charge is 2.31. The van der Waals surface area contributed by atoms with Crippen LogP contribution in [0.2, 0.25) is 5.02 Å². The fraction of sp³-hybridized carbons (Fsp3) is 0.0690. The first-order valence-corrected chi connectivity index (χ1v) is 12.5. The number of nitro benzene ring substituents is 1. The molecule has 4 aromatic carbocycles. The molecule has 0 atom stereocenters. The molecule has 1 heterocycles. The third kappa shape index (κ3) is 5.98. The molecule has 0 aliphatic heterocycles. The van der Waals surface area contributed by atoms with Gasteiger partial charge in [0.1, 0.15) is 12.4 Å². The summed E-state index contributed by atoms with van der Waals surface area (Å²) in [7, 11) is 0. The number of hydrogen-bond donors (Lipinski definition) is 0. The van der Waals surface area contributed by atoms with Crippen LogP contribution < -0.4 is 10.3 Å². The molecule has 0 spiro atoms. The standard InChI is InChI=1S/C29H17ClF4N4O4/c30-21-13-19(26(25(14-21)38(40)41)42-16-17-8-10-22(31)11-9-17)15-35-37-27(18-4-3-5-20(12-18)29(32,33)34)36-24-7-2-1-6-23(24)28(37)39/h1-15H,16H2. The van der Waals surface area contributed by atoms with Crippen LogP contribution in [-0.2, 0) is 12.8 Å². The van der Waals surface area contributed by atoms with Crippen molar-refractivity contribution in [2.75, 3.05) is 0 Å². The van der Waals surface area contributed by atoms with Crippen LogP contribution in [0.15, 0.2) is 94.8 Å². The minimum atomic E-state index is -4.66. The van der Waals surface area contributed by atoms with E-state index in [2.05, 4.69) is 10.1 Å². The van der Waals surface area contributed by atoms with Gasteiger partial charge in [0.2, 0.25) is 5.75 Å². The van der Waals surface area contributed by atoms with E-state index in [0.29, 0.717) is 5.56 Å². The molecule has 13 heteroatoms. The second-order valence-electron chi connectivity index (χ2n) is 8.91. The van der Waals surface area contributed by atoms with Crippen molar-refractivity contribution in [1.29, 1.82) is 0 Å². The predicted molar refractivity (Wildman–Crippen MR) is 148 cm³/mol. The highest BCUT2D eigenvalue weighted by atomic mass is 35.5. The number of aromatic nitrogens is 2. The number of rotatable bonds is 7. The van der Waals surface area contributed by atoms with E-state index >= 15 is 0 Å². The minimum Gasteiger partial charge on any atom is -0.481 e. The molecule has 42 heavy (non-hydrogen) atoms. The fourth-order valence-corrected chi connectivity index (χ4v) is 4.32. The lowest BCUT2D eigenvalue weighted by molar-refractivity contribution is -0.385. The lowest BCUT2D eigenvalue weighted by atomic mass is 10.1. The largest absolute Gasteiger partial charge is 0.481 e. The van der Waals surface area contributed by atoms with Gasteiger partial charge in [0, 0.05) is 22.2 Å². The summed E-state index contributed by atoms with van der Waals surface area (Å²) >= 11 is 6.13. The smallest absolute Gasteiger partial charge is 0.416 e. The molecule has 5 rings (SSSR count). The van der Waals surface area contributed by atoms with Crippen molar-refractivity contribution in [3.8, 4) is 17.1 Å². The Bertz CT molecular complexity index is 1910. The van der Waals surface area contributed by atoms with Gasteiger partial charge in [0.05, 0.1) is 27.6 Å². The van der Waals surface area contributed by atoms with Gasteiger partial charge >= 0.3 is 11.9 Å². The summed E-state index contributed by atoms with van der Waals surface area (Å²) < 4.78 is 60.2. The van der Waals surface area contributed by atoms with Crippen molar-refractivity contribution < 1.29 is 27.2 Å². The molecule has 0 unspecified atom stereocenters. The Balaban J connectivity index is 1.66. The van der Waals surface area contributed by atoms with E-state index in [0.717, 1.165) is 29.1 Å². The van der Waals surface area contributed by atoms with E-state index in [-0.39, 0.29) is 45.2 Å². The maximum Gasteiger partial charge on any atom is 0.416 e. The first-order chi connectivity index (χ1) is 20.0. The van der Waals surface area contributed by atoms with Gasteiger partial charge in [0.25, 0.3) is 5.56 Å². The Morgan fingerprint density at radius 1 is 1.02 bits per heavy atom. The summed E-state index contributed by atoms with van der Waals surface area (Å²) in [6.45, 7) is -0.184. The molecule has 1 aromatic heterocycles. The van der Waals surface area contributed by atoms with Crippen LogP contribution in [0.1, 0.15) is 16.7 Å². The number of alkyl halides is 3. The Morgan fingerprint density at radius 3 is 2.48 bits per heavy atom. The Labute approximate surface area is 239 Å². The van der Waals surface area contributed by atoms with Crippen molar-refractivity contribution in [1.82, 2.24) is 9.66 Å². The number of halogens is 5. The first kappa shape index (κ1) is 28.4. The highest BCUT2D eigenvalue weighted by Crippen LogP contribution is 2.35. The normalized spacial score (nSPS) is 11.7. The number of nitro groups is 1. The minimum absolute atomic E-state index is 0.00800. The molecule has 0 fully saturated rings. The van der Waals surface area contributed by atoms with Gasteiger partial charge < -0.3 is 4.74 Å². The van der Waals surface area contributed by atoms with Crippen molar-refractivity contribution in [2.45, 2.75) is 12.8 Å². The lowest BCUT2D eigenvalue weighted by Crippen LogP contribution is -2.20. The molecule has 0 saturated carbocycles. The van der Waals surface area contributed by atoms with Crippen LogP contribution in [0.25, 0.3) is 22.3 Å². The van der Waals surface area contributed by atoms with E-state index in [9.17, 15) is 32.5 Å². The molecule has 8 nitrogen and oxygen atoms in total. The summed E-state index contributed by atoms with van der Waals surface area (Å²) in [5, 5.41) is 16.1.